The van der Waals surface area contributed by atoms with E-state index < -0.39 is 4.92 Å². The first-order valence-electron chi connectivity index (χ1n) is 6.42. The van der Waals surface area contributed by atoms with Gasteiger partial charge in [-0.1, -0.05) is 29.3 Å². The number of benzene rings is 2. The van der Waals surface area contributed by atoms with Crippen LogP contribution in [0.2, 0.25) is 10.0 Å². The molecule has 0 aliphatic rings. The highest BCUT2D eigenvalue weighted by Crippen LogP contribution is 2.33. The van der Waals surface area contributed by atoms with Gasteiger partial charge in [0.15, 0.2) is 0 Å². The molecule has 4 nitrogen and oxygen atoms in total. The maximum absolute atomic E-state index is 10.8. The molecule has 0 saturated carbocycles. The van der Waals surface area contributed by atoms with Gasteiger partial charge in [0.05, 0.1) is 30.2 Å². The van der Waals surface area contributed by atoms with Gasteiger partial charge in [0.1, 0.15) is 0 Å². The molecule has 0 N–H and O–H groups in total. The molecule has 7 heteroatoms. The van der Waals surface area contributed by atoms with E-state index in [9.17, 15) is 10.1 Å². The van der Waals surface area contributed by atoms with Crippen LogP contribution in [-0.2, 0) is 6.42 Å². The van der Waals surface area contributed by atoms with Gasteiger partial charge in [-0.15, -0.1) is 11.3 Å². The van der Waals surface area contributed by atoms with Gasteiger partial charge >= 0.3 is 0 Å². The van der Waals surface area contributed by atoms with Crippen molar-refractivity contribution < 1.29 is 4.92 Å². The number of rotatable bonds is 3. The second kappa shape index (κ2) is 5.83. The number of thiazole rings is 1. The van der Waals surface area contributed by atoms with Gasteiger partial charge in [-0.05, 0) is 30.2 Å². The lowest BCUT2D eigenvalue weighted by Crippen LogP contribution is -1.94. The Hall–Kier alpha value is -1.69. The van der Waals surface area contributed by atoms with Crippen LogP contribution in [0.3, 0.4) is 0 Å². The summed E-state index contributed by atoms with van der Waals surface area (Å²) in [4.78, 5) is 14.9. The maximum Gasteiger partial charge on any atom is 0.272 e. The molecule has 0 atom stereocenters. The molecule has 0 amide bonds. The van der Waals surface area contributed by atoms with Crippen LogP contribution in [0.5, 0.6) is 0 Å². The number of halogens is 2. The van der Waals surface area contributed by atoms with Crippen LogP contribution < -0.4 is 0 Å². The van der Waals surface area contributed by atoms with Crippen molar-refractivity contribution in [3.8, 4) is 0 Å². The van der Waals surface area contributed by atoms with Crippen LogP contribution in [0, 0.1) is 17.0 Å². The third-order valence-electron chi connectivity index (χ3n) is 3.25. The third-order valence-corrected chi connectivity index (χ3v) is 4.96. The van der Waals surface area contributed by atoms with E-state index in [-0.39, 0.29) is 15.7 Å². The Morgan fingerprint density at radius 3 is 2.55 bits per heavy atom. The highest BCUT2D eigenvalue weighted by atomic mass is 35.5. The normalized spacial score (nSPS) is 11.0. The van der Waals surface area contributed by atoms with Gasteiger partial charge in [0.25, 0.3) is 5.69 Å². The Morgan fingerprint density at radius 2 is 1.91 bits per heavy atom. The topological polar surface area (TPSA) is 56.0 Å². The molecule has 1 heterocycles. The van der Waals surface area contributed by atoms with E-state index in [2.05, 4.69) is 4.98 Å². The summed E-state index contributed by atoms with van der Waals surface area (Å²) in [6.07, 6.45) is 0.452. The molecular weight excluding hydrogens is 343 g/mol. The minimum Gasteiger partial charge on any atom is -0.258 e. The van der Waals surface area contributed by atoms with Crippen LogP contribution in [0.4, 0.5) is 5.69 Å². The average molecular weight is 353 g/mol. The number of nitro groups is 1. The summed E-state index contributed by atoms with van der Waals surface area (Å²) in [5, 5.41) is 12.2. The monoisotopic (exact) mass is 352 g/mol. The minimum absolute atomic E-state index is 0.112. The lowest BCUT2D eigenvalue weighted by molar-refractivity contribution is -0.384. The Bertz CT molecular complexity index is 869. The van der Waals surface area contributed by atoms with Crippen molar-refractivity contribution in [1.29, 1.82) is 0 Å². The second-order valence-electron chi connectivity index (χ2n) is 4.90. The smallest absolute Gasteiger partial charge is 0.258 e. The van der Waals surface area contributed by atoms with E-state index in [4.69, 9.17) is 23.2 Å². The lowest BCUT2D eigenvalue weighted by atomic mass is 10.1. The van der Waals surface area contributed by atoms with E-state index in [1.54, 1.807) is 11.3 Å². The number of hydrogen-bond donors (Lipinski definition) is 0. The summed E-state index contributed by atoms with van der Waals surface area (Å²) in [5.74, 6) is 0. The number of nitro benzene ring substituents is 1. The molecule has 0 spiro atoms. The predicted octanol–water partition coefficient (Wildman–Crippen LogP) is 5.41. The number of aromatic nitrogens is 1. The molecule has 112 valence electrons. The fraction of sp³-hybridized carbons (Fsp3) is 0.133. The molecule has 3 aromatic rings. The van der Waals surface area contributed by atoms with E-state index in [0.717, 1.165) is 20.8 Å². The standard InChI is InChI=1S/C15H10Cl2N2O2S/c1-8-2-3-14-13(4-8)18-15(22-14)7-10-11(16)5-9(19(20)21)6-12(10)17/h2-6H,7H2,1H3. The molecule has 1 aromatic heterocycles. The van der Waals surface area contributed by atoms with Crippen LogP contribution in [-0.4, -0.2) is 9.91 Å². The maximum atomic E-state index is 10.8. The summed E-state index contributed by atoms with van der Waals surface area (Å²) in [7, 11) is 0. The van der Waals surface area contributed by atoms with Gasteiger partial charge in [-0.25, -0.2) is 4.98 Å². The van der Waals surface area contributed by atoms with Crippen molar-refractivity contribution in [2.45, 2.75) is 13.3 Å². The molecule has 22 heavy (non-hydrogen) atoms. The van der Waals surface area contributed by atoms with Crippen molar-refractivity contribution in [3.63, 3.8) is 0 Å². The fourth-order valence-electron chi connectivity index (χ4n) is 2.18. The molecule has 0 radical (unpaired) electrons. The van der Waals surface area contributed by atoms with Crippen molar-refractivity contribution in [3.05, 3.63) is 66.6 Å². The Kier molecular flexibility index (Phi) is 4.04. The van der Waals surface area contributed by atoms with E-state index in [1.165, 1.54) is 12.1 Å². The molecule has 2 aromatic carbocycles. The Balaban J connectivity index is 1.99. The summed E-state index contributed by atoms with van der Waals surface area (Å²) in [6, 6.07) is 8.73. The van der Waals surface area contributed by atoms with Crippen molar-refractivity contribution in [1.82, 2.24) is 4.98 Å². The molecule has 0 aliphatic carbocycles. The molecule has 3 rings (SSSR count). The molecule has 0 bridgehead atoms. The number of non-ortho nitro benzene ring substituents is 1. The molecule has 0 fully saturated rings. The fourth-order valence-corrected chi connectivity index (χ4v) is 3.74. The molecule has 0 aliphatic heterocycles. The highest BCUT2D eigenvalue weighted by Gasteiger charge is 2.16. The van der Waals surface area contributed by atoms with Gasteiger partial charge in [-0.3, -0.25) is 10.1 Å². The zero-order valence-electron chi connectivity index (χ0n) is 11.5. The van der Waals surface area contributed by atoms with Crippen LogP contribution >= 0.6 is 34.5 Å². The molecule has 0 unspecified atom stereocenters. The number of fused-ring (bicyclic) bond motifs is 1. The van der Waals surface area contributed by atoms with Crippen molar-refractivity contribution in [2.24, 2.45) is 0 Å². The van der Waals surface area contributed by atoms with Crippen LogP contribution in [0.15, 0.2) is 30.3 Å². The Labute approximate surface area is 140 Å². The number of nitrogens with zero attached hydrogens (tertiary/aromatic N) is 2. The Morgan fingerprint density at radius 1 is 1.23 bits per heavy atom. The van der Waals surface area contributed by atoms with Crippen LogP contribution in [0.1, 0.15) is 16.1 Å². The zero-order chi connectivity index (χ0) is 15.9. The van der Waals surface area contributed by atoms with E-state index >= 15 is 0 Å². The first-order chi connectivity index (χ1) is 10.4. The second-order valence-corrected chi connectivity index (χ2v) is 6.83. The van der Waals surface area contributed by atoms with Gasteiger partial charge in [-0.2, -0.15) is 0 Å². The quantitative estimate of drug-likeness (QED) is 0.467. The summed E-state index contributed by atoms with van der Waals surface area (Å²) >= 11 is 13.8. The first-order valence-corrected chi connectivity index (χ1v) is 7.99. The lowest BCUT2D eigenvalue weighted by Gasteiger charge is -2.05. The minimum atomic E-state index is -0.512. The SMILES string of the molecule is Cc1ccc2sc(Cc3c(Cl)cc([N+](=O)[O-])cc3Cl)nc2c1. The summed E-state index contributed by atoms with van der Waals surface area (Å²) < 4.78 is 1.09. The van der Waals surface area contributed by atoms with Gasteiger partial charge in [0, 0.05) is 18.6 Å². The van der Waals surface area contributed by atoms with E-state index in [1.807, 2.05) is 25.1 Å². The zero-order valence-corrected chi connectivity index (χ0v) is 13.8. The summed E-state index contributed by atoms with van der Waals surface area (Å²) in [5.41, 5.74) is 2.63. The number of hydrogen-bond acceptors (Lipinski definition) is 4. The molecular formula is C15H10Cl2N2O2S. The summed E-state index contributed by atoms with van der Waals surface area (Å²) in [6.45, 7) is 2.02. The first kappa shape index (κ1) is 15.2. The number of aryl methyl sites for hydroxylation is 1. The van der Waals surface area contributed by atoms with Crippen LogP contribution in [0.25, 0.3) is 10.2 Å². The molecule has 0 saturated heterocycles. The highest BCUT2D eigenvalue weighted by molar-refractivity contribution is 7.18. The predicted molar refractivity (Wildman–Crippen MR) is 90.3 cm³/mol. The largest absolute Gasteiger partial charge is 0.272 e. The third kappa shape index (κ3) is 2.92. The van der Waals surface area contributed by atoms with Crippen molar-refractivity contribution in [2.75, 3.05) is 0 Å². The average Bonchev–Trinajstić information content (AvgIpc) is 2.84. The van der Waals surface area contributed by atoms with Gasteiger partial charge in [0.2, 0.25) is 0 Å². The van der Waals surface area contributed by atoms with E-state index in [0.29, 0.717) is 12.0 Å². The van der Waals surface area contributed by atoms with Gasteiger partial charge < -0.3 is 0 Å². The van der Waals surface area contributed by atoms with Crippen molar-refractivity contribution >= 4 is 50.4 Å².